The van der Waals surface area contributed by atoms with Gasteiger partial charge < -0.3 is 29.0 Å². The van der Waals surface area contributed by atoms with E-state index in [2.05, 4.69) is 52.1 Å². The van der Waals surface area contributed by atoms with Gasteiger partial charge in [-0.15, -0.1) is 0 Å². The van der Waals surface area contributed by atoms with Crippen LogP contribution in [0, 0.1) is 0 Å². The second kappa shape index (κ2) is 9.76. The molecule has 1 amide bonds. The topological polar surface area (TPSA) is 92.8 Å². The van der Waals surface area contributed by atoms with Crippen LogP contribution in [-0.4, -0.2) is 85.0 Å². The summed E-state index contributed by atoms with van der Waals surface area (Å²) >= 11 is 0. The van der Waals surface area contributed by atoms with Crippen molar-refractivity contribution >= 4 is 22.8 Å². The second-order valence-corrected chi connectivity index (χ2v) is 8.19. The number of anilines is 1. The van der Waals surface area contributed by atoms with Gasteiger partial charge in [-0.3, -0.25) is 4.79 Å². The van der Waals surface area contributed by atoms with Gasteiger partial charge in [0.2, 0.25) is 0 Å². The molecule has 4 heterocycles. The number of benzene rings is 1. The Morgan fingerprint density at radius 2 is 1.73 bits per heavy atom. The molecule has 0 radical (unpaired) electrons. The van der Waals surface area contributed by atoms with Crippen LogP contribution in [0.4, 0.5) is 5.69 Å². The minimum absolute atomic E-state index is 0.0592. The van der Waals surface area contributed by atoms with E-state index in [0.717, 1.165) is 55.1 Å². The van der Waals surface area contributed by atoms with Gasteiger partial charge in [0.1, 0.15) is 0 Å². The Morgan fingerprint density at radius 1 is 1.03 bits per heavy atom. The quantitative estimate of drug-likeness (QED) is 0.615. The highest BCUT2D eigenvalue weighted by atomic mass is 16.5. The highest BCUT2D eigenvalue weighted by molar-refractivity contribution is 5.80. The van der Waals surface area contributed by atoms with Crippen molar-refractivity contribution in [1.29, 1.82) is 0 Å². The fourth-order valence-electron chi connectivity index (χ4n) is 4.24. The molecule has 0 saturated carbocycles. The van der Waals surface area contributed by atoms with Crippen molar-refractivity contribution < 1.29 is 19.0 Å². The van der Waals surface area contributed by atoms with Crippen LogP contribution in [0.15, 0.2) is 30.3 Å². The first kappa shape index (κ1) is 21.7. The number of aromatic amines is 1. The molecule has 174 valence electrons. The molecule has 1 N–H and O–H groups in total. The molecular weight excluding hydrogens is 422 g/mol. The van der Waals surface area contributed by atoms with E-state index in [4.69, 9.17) is 19.2 Å². The van der Waals surface area contributed by atoms with Crippen molar-refractivity contribution in [2.24, 2.45) is 0 Å². The Kier molecular flexibility index (Phi) is 6.41. The lowest BCUT2D eigenvalue weighted by Gasteiger charge is -2.28. The van der Waals surface area contributed by atoms with E-state index >= 15 is 0 Å². The molecule has 0 unspecified atom stereocenters. The molecule has 2 aliphatic rings. The van der Waals surface area contributed by atoms with Gasteiger partial charge in [0.15, 0.2) is 12.3 Å². The van der Waals surface area contributed by atoms with E-state index in [1.165, 1.54) is 5.69 Å². The summed E-state index contributed by atoms with van der Waals surface area (Å²) < 4.78 is 16.4. The van der Waals surface area contributed by atoms with Crippen LogP contribution in [0.1, 0.15) is 12.5 Å². The van der Waals surface area contributed by atoms with E-state index in [1.54, 1.807) is 4.90 Å². The van der Waals surface area contributed by atoms with Crippen LogP contribution in [0.2, 0.25) is 0 Å². The molecule has 9 nitrogen and oxygen atoms in total. The first-order chi connectivity index (χ1) is 16.2. The van der Waals surface area contributed by atoms with Crippen molar-refractivity contribution in [2.45, 2.75) is 13.3 Å². The maximum Gasteiger partial charge on any atom is 0.296 e. The fourth-order valence-corrected chi connectivity index (χ4v) is 4.24. The van der Waals surface area contributed by atoms with Gasteiger partial charge >= 0.3 is 0 Å². The molecule has 33 heavy (non-hydrogen) atoms. The molecule has 2 saturated heterocycles. The standard InChI is InChI=1S/C24H29N5O4/c1-2-17-15-20-23(27-24(25-20)33-16-21(30)29-9-13-32-14-10-29)26-22(17)18-3-5-19(6-4-18)28-7-11-31-12-8-28/h3-6,15H,2,7-14,16H2,1H3,(H,25,26,27). The predicted octanol–water partition coefficient (Wildman–Crippen LogP) is 2.26. The highest BCUT2D eigenvalue weighted by Gasteiger charge is 2.19. The number of hydrogen-bond donors (Lipinski definition) is 1. The number of ether oxygens (including phenoxy) is 3. The van der Waals surface area contributed by atoms with Crippen LogP contribution in [0.25, 0.3) is 22.4 Å². The van der Waals surface area contributed by atoms with Gasteiger partial charge in [-0.1, -0.05) is 19.1 Å². The van der Waals surface area contributed by atoms with Crippen LogP contribution < -0.4 is 9.64 Å². The summed E-state index contributed by atoms with van der Waals surface area (Å²) in [5, 5.41) is 0. The Labute approximate surface area is 192 Å². The third-order valence-electron chi connectivity index (χ3n) is 6.12. The van der Waals surface area contributed by atoms with E-state index < -0.39 is 0 Å². The molecule has 9 heteroatoms. The van der Waals surface area contributed by atoms with Gasteiger partial charge in [-0.25, -0.2) is 4.98 Å². The van der Waals surface area contributed by atoms with Crippen molar-refractivity contribution in [2.75, 3.05) is 64.1 Å². The highest BCUT2D eigenvalue weighted by Crippen LogP contribution is 2.28. The number of aryl methyl sites for hydroxylation is 1. The van der Waals surface area contributed by atoms with Gasteiger partial charge in [-0.2, -0.15) is 4.98 Å². The average Bonchev–Trinajstić information content (AvgIpc) is 3.29. The van der Waals surface area contributed by atoms with Crippen molar-refractivity contribution in [1.82, 2.24) is 19.9 Å². The monoisotopic (exact) mass is 451 g/mol. The molecular formula is C24H29N5O4. The summed E-state index contributed by atoms with van der Waals surface area (Å²) in [5.41, 5.74) is 5.67. The lowest BCUT2D eigenvalue weighted by Crippen LogP contribution is -2.43. The second-order valence-electron chi connectivity index (χ2n) is 8.19. The van der Waals surface area contributed by atoms with Gasteiger partial charge in [0.25, 0.3) is 11.9 Å². The molecule has 0 spiro atoms. The summed E-state index contributed by atoms with van der Waals surface area (Å²) in [6.07, 6.45) is 0.841. The number of nitrogens with one attached hydrogen (secondary N) is 1. The summed E-state index contributed by atoms with van der Waals surface area (Å²) in [6.45, 7) is 7.73. The number of imidazole rings is 1. The van der Waals surface area contributed by atoms with Crippen LogP contribution in [0.3, 0.4) is 0 Å². The normalized spacial score (nSPS) is 16.9. The number of nitrogens with zero attached hydrogens (tertiary/aromatic N) is 4. The zero-order chi connectivity index (χ0) is 22.6. The molecule has 2 fully saturated rings. The molecule has 0 bridgehead atoms. The van der Waals surface area contributed by atoms with E-state index in [-0.39, 0.29) is 12.5 Å². The zero-order valence-electron chi connectivity index (χ0n) is 18.9. The van der Waals surface area contributed by atoms with Gasteiger partial charge in [0, 0.05) is 37.4 Å². The molecule has 5 rings (SSSR count). The molecule has 2 aromatic heterocycles. The Balaban J connectivity index is 1.33. The zero-order valence-corrected chi connectivity index (χ0v) is 18.9. The number of morpholine rings is 2. The smallest absolute Gasteiger partial charge is 0.296 e. The number of fused-ring (bicyclic) bond motifs is 1. The van der Waals surface area contributed by atoms with Crippen molar-refractivity contribution in [3.63, 3.8) is 0 Å². The van der Waals surface area contributed by atoms with Crippen molar-refractivity contribution in [3.8, 4) is 17.3 Å². The number of carbonyl (C=O) groups excluding carboxylic acids is 1. The maximum absolute atomic E-state index is 12.3. The number of amides is 1. The minimum atomic E-state index is -0.0676. The molecule has 1 aromatic carbocycles. The number of hydrogen-bond acceptors (Lipinski definition) is 7. The van der Waals surface area contributed by atoms with E-state index in [0.29, 0.717) is 38.0 Å². The van der Waals surface area contributed by atoms with E-state index in [1.807, 2.05) is 0 Å². The lowest BCUT2D eigenvalue weighted by atomic mass is 10.0. The van der Waals surface area contributed by atoms with Crippen LogP contribution in [-0.2, 0) is 20.7 Å². The SMILES string of the molecule is CCc1cc2[nH]c(OCC(=O)N3CCOCC3)nc2nc1-c1ccc(N2CCOCC2)cc1. The Hall–Kier alpha value is -3.17. The third-order valence-corrected chi connectivity index (χ3v) is 6.12. The van der Waals surface area contributed by atoms with Gasteiger partial charge in [-0.05, 0) is 30.2 Å². The maximum atomic E-state index is 12.3. The van der Waals surface area contributed by atoms with Crippen molar-refractivity contribution in [3.05, 3.63) is 35.9 Å². The lowest BCUT2D eigenvalue weighted by molar-refractivity contribution is -0.137. The molecule has 2 aliphatic heterocycles. The summed E-state index contributed by atoms with van der Waals surface area (Å²) in [5.74, 6) is -0.0676. The predicted molar refractivity (Wildman–Crippen MR) is 125 cm³/mol. The molecule has 3 aromatic rings. The number of rotatable bonds is 6. The summed E-state index contributed by atoms with van der Waals surface area (Å²) in [4.78, 5) is 28.9. The first-order valence-corrected chi connectivity index (χ1v) is 11.5. The number of H-pyrrole nitrogens is 1. The first-order valence-electron chi connectivity index (χ1n) is 11.5. The molecule has 0 atom stereocenters. The molecule has 0 aliphatic carbocycles. The third kappa shape index (κ3) is 4.79. The number of pyridine rings is 1. The largest absolute Gasteiger partial charge is 0.455 e. The van der Waals surface area contributed by atoms with Gasteiger partial charge in [0.05, 0.1) is 37.6 Å². The van der Waals surface area contributed by atoms with E-state index in [9.17, 15) is 4.79 Å². The summed E-state index contributed by atoms with van der Waals surface area (Å²) in [7, 11) is 0. The minimum Gasteiger partial charge on any atom is -0.455 e. The Bertz CT molecular complexity index is 1100. The average molecular weight is 452 g/mol. The van der Waals surface area contributed by atoms with Crippen LogP contribution >= 0.6 is 0 Å². The van der Waals surface area contributed by atoms with Crippen LogP contribution in [0.5, 0.6) is 6.01 Å². The number of aromatic nitrogens is 3. The Morgan fingerprint density at radius 3 is 2.42 bits per heavy atom. The number of carbonyl (C=O) groups is 1. The fraction of sp³-hybridized carbons (Fsp3) is 0.458. The summed E-state index contributed by atoms with van der Waals surface area (Å²) in [6, 6.07) is 10.9.